The van der Waals surface area contributed by atoms with Crippen LogP contribution in [0.25, 0.3) is 0 Å². The van der Waals surface area contributed by atoms with Crippen molar-refractivity contribution in [3.05, 3.63) is 161 Å². The lowest BCUT2D eigenvalue weighted by molar-refractivity contribution is -0.140. The number of ether oxygens (including phenoxy) is 6. The van der Waals surface area contributed by atoms with E-state index in [0.717, 1.165) is 0 Å². The minimum absolute atomic E-state index is 0.0227. The standard InChI is InChI=1S/C19H17FN2O5.C18H15FN2O5.C17H13FN2O5/c1-25-16-10-13(4-3-9-27-15-7-5-14(20)6-8-15)11-21-18(16)19(24)22-12-17(23)26-2;1-25-16(23)11-21-18(24)17-15(22)9-12(10-20-17)3-2-8-26-14-6-4-13(19)5-7-14;18-12-3-5-13(6-4-12)25-7-1-2-11-8-14(21)16(19-9-11)17(24)20-10-15(22)23/h5-8,10-11H,9,12H2,1-2H3,(H,22,24);4-7,9-10,22H,8,11H2,1H3,(H,21,24);3-6,8-9,21H,7,10H2,(H,20,24)(H,22,23). The molecule has 3 aromatic carbocycles. The van der Waals surface area contributed by atoms with Crippen molar-refractivity contribution in [1.29, 1.82) is 0 Å². The third-order valence-electron chi connectivity index (χ3n) is 9.17. The fraction of sp³-hybridized carbons (Fsp3) is 0.167. The number of carbonyl (C=O) groups is 6. The molecule has 3 amide bonds. The lowest BCUT2D eigenvalue weighted by atomic mass is 10.2. The van der Waals surface area contributed by atoms with Gasteiger partial charge in [-0.2, -0.15) is 0 Å². The van der Waals surface area contributed by atoms with Crippen molar-refractivity contribution < 1.29 is 85.7 Å². The number of aliphatic carboxylic acids is 1. The van der Waals surface area contributed by atoms with E-state index in [1.54, 1.807) is 6.07 Å². The van der Waals surface area contributed by atoms with E-state index in [9.17, 15) is 52.2 Å². The Morgan fingerprint density at radius 2 is 0.808 bits per heavy atom. The monoisotopic (exact) mass is 1070 g/mol. The Kier molecular flexibility index (Phi) is 24.3. The highest BCUT2D eigenvalue weighted by atomic mass is 19.1. The zero-order chi connectivity index (χ0) is 56.8. The van der Waals surface area contributed by atoms with Gasteiger partial charge in [0.05, 0.1) is 21.3 Å². The highest BCUT2D eigenvalue weighted by Crippen LogP contribution is 2.19. The van der Waals surface area contributed by atoms with Crippen LogP contribution in [0.5, 0.6) is 34.5 Å². The number of carboxylic acid groups (broad SMARTS) is 1. The number of esters is 2. The summed E-state index contributed by atoms with van der Waals surface area (Å²) in [5.74, 6) is 11.7. The quantitative estimate of drug-likeness (QED) is 0.0590. The number of hydrogen-bond donors (Lipinski definition) is 6. The second kappa shape index (κ2) is 31.7. The number of hydrogen-bond acceptors (Lipinski definition) is 17. The number of aromatic nitrogens is 3. The van der Waals surface area contributed by atoms with Crippen molar-refractivity contribution in [3.63, 3.8) is 0 Å². The first-order chi connectivity index (χ1) is 37.5. The van der Waals surface area contributed by atoms with E-state index < -0.39 is 47.9 Å². The molecule has 0 fully saturated rings. The Morgan fingerprint density at radius 3 is 1.13 bits per heavy atom. The summed E-state index contributed by atoms with van der Waals surface area (Å²) in [5.41, 5.74) is 0.717. The Hall–Kier alpha value is -10.8. The Bertz CT molecular complexity index is 3260. The average Bonchev–Trinajstić information content (AvgIpc) is 3.44. The maximum atomic E-state index is 12.8. The largest absolute Gasteiger partial charge is 0.505 e. The molecule has 21 nitrogen and oxygen atoms in total. The van der Waals surface area contributed by atoms with E-state index in [0.29, 0.717) is 33.9 Å². The van der Waals surface area contributed by atoms with Gasteiger partial charge in [0.25, 0.3) is 17.7 Å². The lowest BCUT2D eigenvalue weighted by Gasteiger charge is -2.08. The number of nitrogens with zero attached hydrogens (tertiary/aromatic N) is 3. The smallest absolute Gasteiger partial charge is 0.325 e. The van der Waals surface area contributed by atoms with Crippen LogP contribution in [-0.2, 0) is 23.9 Å². The summed E-state index contributed by atoms with van der Waals surface area (Å²) >= 11 is 0. The maximum Gasteiger partial charge on any atom is 0.325 e. The molecule has 6 aromatic rings. The molecule has 3 aromatic heterocycles. The van der Waals surface area contributed by atoms with Crippen LogP contribution in [0.4, 0.5) is 13.2 Å². The molecule has 0 spiro atoms. The highest BCUT2D eigenvalue weighted by molar-refractivity contribution is 5.98. The molecule has 0 atom stereocenters. The van der Waals surface area contributed by atoms with Gasteiger partial charge >= 0.3 is 17.9 Å². The average molecular weight is 1070 g/mol. The van der Waals surface area contributed by atoms with Crippen LogP contribution >= 0.6 is 0 Å². The molecule has 78 heavy (non-hydrogen) atoms. The second-order valence-electron chi connectivity index (χ2n) is 14.7. The first kappa shape index (κ1) is 59.8. The number of carboxylic acids is 1. The summed E-state index contributed by atoms with van der Waals surface area (Å²) in [4.78, 5) is 79.6. The summed E-state index contributed by atoms with van der Waals surface area (Å²) in [6, 6.07) is 20.6. The topological polar surface area (TPSA) is 293 Å². The molecular weight excluding hydrogens is 1030 g/mol. The molecule has 6 rings (SSSR count). The number of nitrogens with one attached hydrogen (secondary N) is 3. The fourth-order valence-corrected chi connectivity index (χ4v) is 5.45. The van der Waals surface area contributed by atoms with Gasteiger partial charge in [-0.1, -0.05) is 35.5 Å². The Labute approximate surface area is 442 Å². The molecule has 0 unspecified atom stereocenters. The van der Waals surface area contributed by atoms with Crippen molar-refractivity contribution in [1.82, 2.24) is 30.9 Å². The van der Waals surface area contributed by atoms with Gasteiger partial charge in [-0.15, -0.1) is 0 Å². The first-order valence-electron chi connectivity index (χ1n) is 22.2. The third-order valence-corrected chi connectivity index (χ3v) is 9.17. The summed E-state index contributed by atoms with van der Waals surface area (Å²) < 4.78 is 68.3. The van der Waals surface area contributed by atoms with Crippen molar-refractivity contribution >= 4 is 35.6 Å². The van der Waals surface area contributed by atoms with E-state index in [2.05, 4.69) is 75.9 Å². The minimum atomic E-state index is -1.21. The Morgan fingerprint density at radius 1 is 0.487 bits per heavy atom. The number of carbonyl (C=O) groups excluding carboxylic acids is 5. The molecule has 0 aliphatic rings. The fourth-order valence-electron chi connectivity index (χ4n) is 5.45. The number of amides is 3. The minimum Gasteiger partial charge on any atom is -0.505 e. The van der Waals surface area contributed by atoms with Crippen molar-refractivity contribution in [2.24, 2.45) is 0 Å². The molecule has 0 aliphatic carbocycles. The van der Waals surface area contributed by atoms with Crippen LogP contribution in [0.1, 0.15) is 48.2 Å². The van der Waals surface area contributed by atoms with Gasteiger partial charge < -0.3 is 59.7 Å². The number of halogens is 3. The van der Waals surface area contributed by atoms with Gasteiger partial charge in [0.15, 0.2) is 22.8 Å². The lowest BCUT2D eigenvalue weighted by Crippen LogP contribution is -2.31. The summed E-state index contributed by atoms with van der Waals surface area (Å²) in [7, 11) is 3.81. The molecule has 0 radical (unpaired) electrons. The van der Waals surface area contributed by atoms with Crippen LogP contribution in [-0.4, -0.2) is 127 Å². The summed E-state index contributed by atoms with van der Waals surface area (Å²) in [6.07, 6.45) is 3.97. The molecule has 0 saturated heterocycles. The molecule has 6 N–H and O–H groups in total. The van der Waals surface area contributed by atoms with E-state index in [4.69, 9.17) is 24.1 Å². The summed E-state index contributed by atoms with van der Waals surface area (Å²) in [5, 5.41) is 34.9. The number of aromatic hydroxyl groups is 2. The number of pyridine rings is 3. The van der Waals surface area contributed by atoms with Crippen LogP contribution in [0, 0.1) is 53.0 Å². The zero-order valence-electron chi connectivity index (χ0n) is 41.4. The first-order valence-corrected chi connectivity index (χ1v) is 22.2. The molecule has 0 bridgehead atoms. The zero-order valence-corrected chi connectivity index (χ0v) is 41.4. The van der Waals surface area contributed by atoms with Crippen molar-refractivity contribution in [3.8, 4) is 70.0 Å². The van der Waals surface area contributed by atoms with Crippen LogP contribution < -0.4 is 34.9 Å². The molecule has 402 valence electrons. The SMILES string of the molecule is COC(=O)CNC(=O)c1ncc(C#CCOc2ccc(F)cc2)cc1O.COC(=O)CNC(=O)c1ncc(C#CCOc2ccc(F)cc2)cc1OC.O=C(O)CNC(=O)c1ncc(C#CCOc2ccc(F)cc2)cc1O. The predicted octanol–water partition coefficient (Wildman–Crippen LogP) is 3.99. The maximum absolute atomic E-state index is 12.8. The van der Waals surface area contributed by atoms with Gasteiger partial charge in [-0.25, -0.2) is 28.1 Å². The van der Waals surface area contributed by atoms with Gasteiger partial charge in [0.2, 0.25) is 0 Å². The molecule has 0 aliphatic heterocycles. The van der Waals surface area contributed by atoms with Gasteiger partial charge in [0.1, 0.15) is 85.7 Å². The molecule has 24 heteroatoms. The van der Waals surface area contributed by atoms with Crippen molar-refractivity contribution in [2.45, 2.75) is 0 Å². The number of methoxy groups -OCH3 is 3. The molecule has 0 saturated carbocycles. The van der Waals surface area contributed by atoms with Crippen LogP contribution in [0.2, 0.25) is 0 Å². The van der Waals surface area contributed by atoms with Gasteiger partial charge in [-0.3, -0.25) is 28.8 Å². The van der Waals surface area contributed by atoms with E-state index in [1.165, 1.54) is 125 Å². The summed E-state index contributed by atoms with van der Waals surface area (Å²) in [6.45, 7) is -1.01. The molecule has 3 heterocycles. The number of benzene rings is 3. The number of rotatable bonds is 16. The normalized spacial score (nSPS) is 9.62. The van der Waals surface area contributed by atoms with Crippen molar-refractivity contribution in [2.75, 3.05) is 60.8 Å². The van der Waals surface area contributed by atoms with E-state index in [-0.39, 0.29) is 78.9 Å². The Balaban J connectivity index is 0.000000253. The highest BCUT2D eigenvalue weighted by Gasteiger charge is 2.17. The van der Waals surface area contributed by atoms with Crippen LogP contribution in [0.15, 0.2) is 110 Å². The molecular formula is C54H45F3N6O15. The predicted molar refractivity (Wildman–Crippen MR) is 268 cm³/mol. The second-order valence-corrected chi connectivity index (χ2v) is 14.7. The van der Waals surface area contributed by atoms with E-state index >= 15 is 0 Å². The van der Waals surface area contributed by atoms with Crippen LogP contribution in [0.3, 0.4) is 0 Å². The van der Waals surface area contributed by atoms with E-state index in [1.807, 2.05) is 0 Å². The third kappa shape index (κ3) is 21.3. The van der Waals surface area contributed by atoms with Gasteiger partial charge in [-0.05, 0) is 91.0 Å². The van der Waals surface area contributed by atoms with Gasteiger partial charge in [0, 0.05) is 35.3 Å².